The minimum absolute atomic E-state index is 0.0695. The first-order chi connectivity index (χ1) is 16.5. The highest BCUT2D eigenvalue weighted by Crippen LogP contribution is 2.54. The van der Waals surface area contributed by atoms with Crippen LogP contribution in [0.4, 0.5) is 24.0 Å². The molecule has 1 aromatic carbocycles. The number of rotatable bonds is 6. The summed E-state index contributed by atoms with van der Waals surface area (Å²) in [6.45, 7) is 0. The van der Waals surface area contributed by atoms with E-state index in [1.165, 1.54) is 24.3 Å². The average Bonchev–Trinajstić information content (AvgIpc) is 3.57. The van der Waals surface area contributed by atoms with Crippen LogP contribution >= 0.6 is 11.3 Å². The van der Waals surface area contributed by atoms with E-state index in [2.05, 4.69) is 15.5 Å². The number of imide groups is 1. The van der Waals surface area contributed by atoms with E-state index in [0.717, 1.165) is 4.90 Å². The Kier molecular flexibility index (Phi) is 5.42. The first-order valence-electron chi connectivity index (χ1n) is 10.5. The van der Waals surface area contributed by atoms with Crippen molar-refractivity contribution in [2.24, 2.45) is 23.7 Å². The highest BCUT2D eigenvalue weighted by atomic mass is 32.1. The molecule has 14 heteroatoms. The quantitative estimate of drug-likeness (QED) is 0.274. The molecule has 10 nitrogen and oxygen atoms in total. The van der Waals surface area contributed by atoms with Crippen molar-refractivity contribution in [3.63, 3.8) is 0 Å². The lowest BCUT2D eigenvalue weighted by Crippen LogP contribution is -2.38. The number of anilines is 1. The molecule has 2 fully saturated rings. The Morgan fingerprint density at radius 2 is 1.74 bits per heavy atom. The van der Waals surface area contributed by atoms with Crippen LogP contribution in [-0.4, -0.2) is 37.7 Å². The molecule has 1 saturated heterocycles. The minimum atomic E-state index is -4.72. The molecule has 2 bridgehead atoms. The molecular formula is C21H16F3N5O5S. The normalized spacial score (nSPS) is 25.7. The molecule has 3 aliphatic rings. The van der Waals surface area contributed by atoms with Crippen molar-refractivity contribution in [1.82, 2.24) is 15.1 Å². The highest BCUT2D eigenvalue weighted by Gasteiger charge is 2.60. The zero-order valence-electron chi connectivity index (χ0n) is 17.6. The predicted molar refractivity (Wildman–Crippen MR) is 114 cm³/mol. The average molecular weight is 507 g/mol. The molecule has 1 aliphatic heterocycles. The number of hydrogen-bond donors (Lipinski definition) is 1. The summed E-state index contributed by atoms with van der Waals surface area (Å²) in [6.07, 6.45) is -0.647. The van der Waals surface area contributed by atoms with Crippen LogP contribution in [0.15, 0.2) is 36.4 Å². The number of hydrogen-bond acceptors (Lipinski definition) is 8. The number of non-ortho nitro benzene ring substituents is 1. The van der Waals surface area contributed by atoms with Crippen molar-refractivity contribution in [3.05, 3.63) is 57.1 Å². The highest BCUT2D eigenvalue weighted by molar-refractivity contribution is 7.15. The van der Waals surface area contributed by atoms with Gasteiger partial charge in [-0.3, -0.25) is 29.4 Å². The molecule has 182 valence electrons. The number of fused-ring (bicyclic) bond motifs is 5. The smallest absolute Gasteiger partial charge is 0.300 e. The van der Waals surface area contributed by atoms with Crippen LogP contribution in [0.25, 0.3) is 0 Å². The van der Waals surface area contributed by atoms with E-state index in [1.807, 2.05) is 12.2 Å². The summed E-state index contributed by atoms with van der Waals surface area (Å²) in [6, 6.07) is 3.99. The molecule has 5 unspecified atom stereocenters. The molecule has 0 spiro atoms. The summed E-state index contributed by atoms with van der Waals surface area (Å²) >= 11 is 0.142. The van der Waals surface area contributed by atoms with E-state index in [1.54, 1.807) is 0 Å². The van der Waals surface area contributed by atoms with Crippen molar-refractivity contribution < 1.29 is 32.5 Å². The number of nitro groups is 1. The second kappa shape index (κ2) is 8.22. The lowest BCUT2D eigenvalue weighted by molar-refractivity contribution is -0.384. The van der Waals surface area contributed by atoms with Crippen molar-refractivity contribution in [1.29, 1.82) is 0 Å². The molecule has 1 saturated carbocycles. The number of nitrogens with one attached hydrogen (secondary N) is 1. The summed E-state index contributed by atoms with van der Waals surface area (Å²) in [5.41, 5.74) is 0.0876. The number of aromatic nitrogens is 2. The van der Waals surface area contributed by atoms with Crippen molar-refractivity contribution in [2.45, 2.75) is 25.1 Å². The van der Waals surface area contributed by atoms with Gasteiger partial charge in [-0.15, -0.1) is 10.2 Å². The Labute approximate surface area is 199 Å². The predicted octanol–water partition coefficient (Wildman–Crippen LogP) is 3.34. The molecular weight excluding hydrogens is 491 g/mol. The fraction of sp³-hybridized carbons (Fsp3) is 0.381. The van der Waals surface area contributed by atoms with E-state index < -0.39 is 58.1 Å². The van der Waals surface area contributed by atoms with E-state index in [4.69, 9.17) is 0 Å². The maximum atomic E-state index is 13.3. The van der Waals surface area contributed by atoms with Crippen LogP contribution in [0.1, 0.15) is 29.5 Å². The van der Waals surface area contributed by atoms with Crippen LogP contribution in [0.2, 0.25) is 0 Å². The maximum absolute atomic E-state index is 13.3. The van der Waals surface area contributed by atoms with Gasteiger partial charge in [-0.1, -0.05) is 35.6 Å². The lowest BCUT2D eigenvalue weighted by atomic mass is 9.85. The number of alkyl halides is 3. The summed E-state index contributed by atoms with van der Waals surface area (Å²) in [5.74, 6) is -2.85. The third-order valence-electron chi connectivity index (χ3n) is 6.60. The summed E-state index contributed by atoms with van der Waals surface area (Å²) in [5, 5.41) is 18.0. The van der Waals surface area contributed by atoms with Gasteiger partial charge < -0.3 is 5.32 Å². The molecule has 2 heterocycles. The van der Waals surface area contributed by atoms with Crippen LogP contribution in [0.3, 0.4) is 0 Å². The number of carbonyl (C=O) groups excluding carboxylic acids is 3. The number of nitro benzene ring substituents is 1. The Morgan fingerprint density at radius 1 is 1.14 bits per heavy atom. The SMILES string of the molecule is O=C(CC(c1ccc([N+](=O)[O-])cc1)N1C(=O)C2C3C=CC(C3)C2C1=O)Nc1nnc(C(F)(F)F)s1. The molecule has 5 atom stereocenters. The number of benzene rings is 1. The van der Waals surface area contributed by atoms with E-state index in [9.17, 15) is 37.7 Å². The fourth-order valence-corrected chi connectivity index (χ4v) is 5.77. The van der Waals surface area contributed by atoms with Crippen LogP contribution in [0.5, 0.6) is 0 Å². The molecule has 5 rings (SSSR count). The van der Waals surface area contributed by atoms with Gasteiger partial charge in [0.25, 0.3) is 5.69 Å². The summed E-state index contributed by atoms with van der Waals surface area (Å²) in [4.78, 5) is 50.8. The van der Waals surface area contributed by atoms with Crippen molar-refractivity contribution in [3.8, 4) is 0 Å². The van der Waals surface area contributed by atoms with E-state index in [-0.39, 0.29) is 34.0 Å². The fourth-order valence-electron chi connectivity index (χ4n) is 5.14. The Bertz CT molecular complexity index is 1230. The summed E-state index contributed by atoms with van der Waals surface area (Å²) in [7, 11) is 0. The topological polar surface area (TPSA) is 135 Å². The molecule has 1 N–H and O–H groups in total. The second-order valence-electron chi connectivity index (χ2n) is 8.57. The molecule has 35 heavy (non-hydrogen) atoms. The lowest BCUT2D eigenvalue weighted by Gasteiger charge is -2.27. The van der Waals surface area contributed by atoms with Gasteiger partial charge in [-0.25, -0.2) is 0 Å². The van der Waals surface area contributed by atoms with Gasteiger partial charge in [0.2, 0.25) is 27.9 Å². The molecule has 0 radical (unpaired) electrons. The third-order valence-corrected chi connectivity index (χ3v) is 7.48. The number of halogens is 3. The van der Waals surface area contributed by atoms with Gasteiger partial charge in [-0.2, -0.15) is 13.2 Å². The van der Waals surface area contributed by atoms with Gasteiger partial charge in [0.05, 0.1) is 29.2 Å². The number of amides is 3. The Morgan fingerprint density at radius 3 is 2.26 bits per heavy atom. The zero-order chi connectivity index (χ0) is 25.1. The van der Waals surface area contributed by atoms with Gasteiger partial charge in [0, 0.05) is 12.1 Å². The number of nitrogens with zero attached hydrogens (tertiary/aromatic N) is 4. The molecule has 2 aliphatic carbocycles. The maximum Gasteiger partial charge on any atom is 0.445 e. The van der Waals surface area contributed by atoms with Crippen LogP contribution in [0, 0.1) is 33.8 Å². The second-order valence-corrected chi connectivity index (χ2v) is 9.55. The first kappa shape index (κ1) is 23.1. The Balaban J connectivity index is 1.42. The molecule has 3 amide bonds. The number of likely N-dealkylation sites (tertiary alicyclic amines) is 1. The van der Waals surface area contributed by atoms with Crippen LogP contribution in [-0.2, 0) is 20.6 Å². The third kappa shape index (κ3) is 3.96. The number of allylic oxidation sites excluding steroid dienone is 2. The first-order valence-corrected chi connectivity index (χ1v) is 11.4. The largest absolute Gasteiger partial charge is 0.445 e. The van der Waals surface area contributed by atoms with Gasteiger partial charge in [0.1, 0.15) is 0 Å². The molecule has 1 aromatic heterocycles. The monoisotopic (exact) mass is 507 g/mol. The van der Waals surface area contributed by atoms with Crippen molar-refractivity contribution in [2.75, 3.05) is 5.32 Å². The zero-order valence-corrected chi connectivity index (χ0v) is 18.5. The van der Waals surface area contributed by atoms with E-state index >= 15 is 0 Å². The Hall–Kier alpha value is -3.68. The van der Waals surface area contributed by atoms with Crippen LogP contribution < -0.4 is 5.32 Å². The van der Waals surface area contributed by atoms with E-state index in [0.29, 0.717) is 12.0 Å². The van der Waals surface area contributed by atoms with Crippen molar-refractivity contribution >= 4 is 39.9 Å². The van der Waals surface area contributed by atoms with Gasteiger partial charge in [-0.05, 0) is 23.8 Å². The summed E-state index contributed by atoms with van der Waals surface area (Å²) < 4.78 is 38.4. The number of carbonyl (C=O) groups is 3. The standard InChI is InChI=1S/C21H16F3N5O5S/c22-21(23,24)19-26-27-20(35-19)25-14(30)8-13(9-3-5-12(6-4-9)29(33)34)28-17(31)15-10-1-2-11(7-10)16(15)18(28)32/h1-6,10-11,13,15-16H,7-8H2,(H,25,27,30). The van der Waals surface area contributed by atoms with Gasteiger partial charge in [0.15, 0.2) is 0 Å². The molecule has 2 aromatic rings. The van der Waals surface area contributed by atoms with Gasteiger partial charge >= 0.3 is 6.18 Å². The minimum Gasteiger partial charge on any atom is -0.300 e.